The van der Waals surface area contributed by atoms with Crippen molar-refractivity contribution in [3.63, 3.8) is 0 Å². The van der Waals surface area contributed by atoms with Crippen LogP contribution in [0.4, 0.5) is 0 Å². The molecule has 0 aromatic heterocycles. The minimum absolute atomic E-state index is 0.0389. The quantitative estimate of drug-likeness (QED) is 0.153. The van der Waals surface area contributed by atoms with Crippen LogP contribution in [0.1, 0.15) is 174 Å². The van der Waals surface area contributed by atoms with Crippen molar-refractivity contribution in [2.24, 2.45) is 0 Å². The molecule has 1 fully saturated rings. The number of unbranched alkanes of at least 4 members (excludes halogenated alkanes) is 14. The van der Waals surface area contributed by atoms with E-state index in [4.69, 9.17) is 9.47 Å². The van der Waals surface area contributed by atoms with Gasteiger partial charge in [0.25, 0.3) is 0 Å². The molecule has 0 aromatic carbocycles. The van der Waals surface area contributed by atoms with Crippen LogP contribution in [0.2, 0.25) is 0 Å². The van der Waals surface area contributed by atoms with E-state index in [2.05, 4.69) is 6.92 Å². The Morgan fingerprint density at radius 3 is 1.56 bits per heavy atom. The van der Waals surface area contributed by atoms with Gasteiger partial charge in [-0.3, -0.25) is 4.79 Å². The summed E-state index contributed by atoms with van der Waals surface area (Å²) in [6, 6.07) is 0. The van der Waals surface area contributed by atoms with Crippen LogP contribution in [0.15, 0.2) is 0 Å². The molecule has 1 aliphatic heterocycles. The van der Waals surface area contributed by atoms with Gasteiger partial charge in [0.05, 0.1) is 0 Å². The second-order valence-corrected chi connectivity index (χ2v) is 10.8. The number of carbonyl (C=O) groups is 1. The molecule has 0 N–H and O–H groups in total. The number of carbonyl (C=O) groups excluding carboxylic acids is 1. The van der Waals surface area contributed by atoms with Crippen LogP contribution in [-0.4, -0.2) is 25.3 Å². The first kappa shape index (κ1) is 31.5. The van der Waals surface area contributed by atoms with E-state index in [0.717, 1.165) is 45.3 Å². The van der Waals surface area contributed by atoms with Crippen molar-refractivity contribution in [1.82, 2.24) is 0 Å². The Morgan fingerprint density at radius 2 is 1.00 bits per heavy atom. The van der Waals surface area contributed by atoms with Gasteiger partial charge in [0.15, 0.2) is 0 Å². The molecule has 1 saturated heterocycles. The van der Waals surface area contributed by atoms with Gasteiger partial charge in [-0.15, -0.1) is 0 Å². The summed E-state index contributed by atoms with van der Waals surface area (Å²) in [5.41, 5.74) is 0. The van der Waals surface area contributed by atoms with Crippen LogP contribution in [0.25, 0.3) is 0 Å². The molecule has 0 aliphatic carbocycles. The van der Waals surface area contributed by atoms with E-state index in [9.17, 15) is 4.79 Å². The predicted molar refractivity (Wildman–Crippen MR) is 146 cm³/mol. The lowest BCUT2D eigenvalue weighted by atomic mass is 10.0. The number of ether oxygens (including phenoxy) is 2. The molecule has 1 atom stereocenters. The van der Waals surface area contributed by atoms with Crippen molar-refractivity contribution < 1.29 is 14.3 Å². The van der Waals surface area contributed by atoms with Crippen LogP contribution in [-0.2, 0) is 14.3 Å². The molecule has 0 saturated carbocycles. The van der Waals surface area contributed by atoms with Crippen molar-refractivity contribution in [2.45, 2.75) is 180 Å². The van der Waals surface area contributed by atoms with Gasteiger partial charge in [-0.05, 0) is 44.9 Å². The molecule has 0 spiro atoms. The smallest absolute Gasteiger partial charge is 0.306 e. The lowest BCUT2D eigenvalue weighted by molar-refractivity contribution is -0.150. The zero-order chi connectivity index (χ0) is 24.4. The lowest BCUT2D eigenvalue weighted by Crippen LogP contribution is -2.18. The fraction of sp³-hybridized carbons (Fsp3) is 0.968. The molecule has 0 amide bonds. The Bertz CT molecular complexity index is 409. The van der Waals surface area contributed by atoms with Crippen LogP contribution < -0.4 is 0 Å². The molecule has 0 aromatic rings. The highest BCUT2D eigenvalue weighted by Crippen LogP contribution is 2.18. The summed E-state index contributed by atoms with van der Waals surface area (Å²) in [6.07, 6.45) is 32.9. The van der Waals surface area contributed by atoms with Gasteiger partial charge in [-0.1, -0.05) is 122 Å². The van der Waals surface area contributed by atoms with Crippen LogP contribution in [0.3, 0.4) is 0 Å². The standard InChI is InChI=1S/C31H60O3/c1-2-3-4-5-6-7-8-9-10-11-12-13-14-18-21-27-31(32)34-30-25-20-17-15-16-19-23-28-33-29-24-22-26-30/h30H,2-29H2,1H3. The van der Waals surface area contributed by atoms with E-state index in [1.165, 1.54) is 128 Å². The predicted octanol–water partition coefficient (Wildman–Crippen LogP) is 10.1. The number of hydrogen-bond donors (Lipinski definition) is 0. The Labute approximate surface area is 213 Å². The molecule has 0 bridgehead atoms. The first-order chi connectivity index (χ1) is 16.8. The number of hydrogen-bond acceptors (Lipinski definition) is 3. The van der Waals surface area contributed by atoms with Crippen molar-refractivity contribution >= 4 is 5.97 Å². The highest BCUT2D eigenvalue weighted by Gasteiger charge is 2.14. The van der Waals surface area contributed by atoms with Gasteiger partial charge in [-0.25, -0.2) is 0 Å². The Balaban J connectivity index is 1.95. The molecule has 34 heavy (non-hydrogen) atoms. The fourth-order valence-electron chi connectivity index (χ4n) is 5.11. The summed E-state index contributed by atoms with van der Waals surface area (Å²) >= 11 is 0. The van der Waals surface area contributed by atoms with E-state index in [1.807, 2.05) is 0 Å². The van der Waals surface area contributed by atoms with Gasteiger partial charge >= 0.3 is 5.97 Å². The Morgan fingerprint density at radius 1 is 0.588 bits per heavy atom. The van der Waals surface area contributed by atoms with Gasteiger partial charge in [0, 0.05) is 19.6 Å². The molecular formula is C31H60O3. The molecule has 0 radical (unpaired) electrons. The third-order valence-corrected chi connectivity index (χ3v) is 7.41. The van der Waals surface area contributed by atoms with Crippen molar-refractivity contribution in [1.29, 1.82) is 0 Å². The van der Waals surface area contributed by atoms with Crippen LogP contribution >= 0.6 is 0 Å². The monoisotopic (exact) mass is 480 g/mol. The Hall–Kier alpha value is -0.570. The average Bonchev–Trinajstić information content (AvgIpc) is 2.84. The molecular weight excluding hydrogens is 420 g/mol. The summed E-state index contributed by atoms with van der Waals surface area (Å²) in [7, 11) is 0. The first-order valence-corrected chi connectivity index (χ1v) is 15.6. The number of esters is 1. The van der Waals surface area contributed by atoms with Crippen molar-refractivity contribution in [3.8, 4) is 0 Å². The normalized spacial score (nSPS) is 18.9. The molecule has 3 nitrogen and oxygen atoms in total. The van der Waals surface area contributed by atoms with Crippen molar-refractivity contribution in [3.05, 3.63) is 0 Å². The SMILES string of the molecule is CCCCCCCCCCCCCCCCCC(=O)OC1CCCCCCCCOCCCC1. The van der Waals surface area contributed by atoms with Gasteiger partial charge in [0.1, 0.15) is 6.10 Å². The second-order valence-electron chi connectivity index (χ2n) is 10.8. The highest BCUT2D eigenvalue weighted by molar-refractivity contribution is 5.69. The highest BCUT2D eigenvalue weighted by atomic mass is 16.5. The minimum Gasteiger partial charge on any atom is -0.462 e. The molecule has 1 aliphatic rings. The fourth-order valence-corrected chi connectivity index (χ4v) is 5.11. The van der Waals surface area contributed by atoms with E-state index in [1.54, 1.807) is 0 Å². The second kappa shape index (κ2) is 25.5. The lowest BCUT2D eigenvalue weighted by Gasteiger charge is -2.18. The first-order valence-electron chi connectivity index (χ1n) is 15.6. The largest absolute Gasteiger partial charge is 0.462 e. The summed E-state index contributed by atoms with van der Waals surface area (Å²) in [4.78, 5) is 12.4. The molecule has 1 unspecified atom stereocenters. The zero-order valence-electron chi connectivity index (χ0n) is 23.1. The minimum atomic E-state index is 0.0389. The summed E-state index contributed by atoms with van der Waals surface area (Å²) in [5, 5.41) is 0. The van der Waals surface area contributed by atoms with Gasteiger partial charge in [0.2, 0.25) is 0 Å². The maximum Gasteiger partial charge on any atom is 0.306 e. The number of rotatable bonds is 17. The summed E-state index contributed by atoms with van der Waals surface area (Å²) in [5.74, 6) is 0.0389. The summed E-state index contributed by atoms with van der Waals surface area (Å²) < 4.78 is 11.6. The maximum atomic E-state index is 12.4. The van der Waals surface area contributed by atoms with Gasteiger partial charge in [-0.2, -0.15) is 0 Å². The molecule has 202 valence electrons. The van der Waals surface area contributed by atoms with Crippen LogP contribution in [0, 0.1) is 0 Å². The Kier molecular flexibility index (Phi) is 23.6. The van der Waals surface area contributed by atoms with E-state index in [-0.39, 0.29) is 12.1 Å². The summed E-state index contributed by atoms with van der Waals surface area (Å²) in [6.45, 7) is 4.06. The van der Waals surface area contributed by atoms with E-state index >= 15 is 0 Å². The third-order valence-electron chi connectivity index (χ3n) is 7.41. The molecule has 1 rings (SSSR count). The zero-order valence-corrected chi connectivity index (χ0v) is 23.1. The average molecular weight is 481 g/mol. The molecule has 1 heterocycles. The van der Waals surface area contributed by atoms with E-state index in [0.29, 0.717) is 6.42 Å². The maximum absolute atomic E-state index is 12.4. The third kappa shape index (κ3) is 21.9. The molecule has 3 heteroatoms. The topological polar surface area (TPSA) is 35.5 Å². The van der Waals surface area contributed by atoms with Crippen LogP contribution in [0.5, 0.6) is 0 Å². The van der Waals surface area contributed by atoms with E-state index < -0.39 is 0 Å². The van der Waals surface area contributed by atoms with Gasteiger partial charge < -0.3 is 9.47 Å². The van der Waals surface area contributed by atoms with Crippen molar-refractivity contribution in [2.75, 3.05) is 13.2 Å².